The Hall–Kier alpha value is -0.480. The van der Waals surface area contributed by atoms with Gasteiger partial charge in [-0.1, -0.05) is 41.5 Å². The van der Waals surface area contributed by atoms with Crippen LogP contribution in [-0.2, 0) is 28.4 Å². The third kappa shape index (κ3) is 12.5. The van der Waals surface area contributed by atoms with E-state index >= 15 is 0 Å². The molecule has 0 saturated carbocycles. The molecule has 0 radical (unpaired) electrons. The quantitative estimate of drug-likeness (QED) is 0.369. The van der Waals surface area contributed by atoms with Gasteiger partial charge in [-0.3, -0.25) is 14.7 Å². The molecule has 0 unspecified atom stereocenters. The fourth-order valence-electron chi connectivity index (χ4n) is 6.53. The van der Waals surface area contributed by atoms with Crippen molar-refractivity contribution in [1.82, 2.24) is 14.7 Å². The molecule has 0 aromatic rings. The lowest BCUT2D eigenvalue weighted by Gasteiger charge is -2.39. The summed E-state index contributed by atoms with van der Waals surface area (Å²) in [6.45, 7) is 22.3. The molecular formula is C33H63N3O9. The molecule has 0 aromatic heterocycles. The number of nitrogens with zero attached hydrogens (tertiary/aromatic N) is 3. The van der Waals surface area contributed by atoms with E-state index in [0.717, 1.165) is 0 Å². The fraction of sp³-hybridized carbons (Fsp3) is 1.00. The Kier molecular flexibility index (Phi) is 12.8. The van der Waals surface area contributed by atoms with E-state index in [0.29, 0.717) is 98.5 Å². The fourth-order valence-corrected chi connectivity index (χ4v) is 6.53. The van der Waals surface area contributed by atoms with E-state index < -0.39 is 16.8 Å². The highest BCUT2D eigenvalue weighted by atomic mass is 16.5. The lowest BCUT2D eigenvalue weighted by Crippen LogP contribution is -2.55. The van der Waals surface area contributed by atoms with Crippen molar-refractivity contribution in [3.8, 4) is 0 Å². The zero-order valence-electron chi connectivity index (χ0n) is 29.0. The van der Waals surface area contributed by atoms with E-state index in [9.17, 15) is 15.3 Å². The van der Waals surface area contributed by atoms with Gasteiger partial charge in [0.1, 0.15) is 16.8 Å². The maximum Gasteiger partial charge on any atom is 0.124 e. The monoisotopic (exact) mass is 645 g/mol. The van der Waals surface area contributed by atoms with Gasteiger partial charge in [0.2, 0.25) is 0 Å². The average Bonchev–Trinajstić information content (AvgIpc) is 2.97. The molecule has 4 heterocycles. The Balaban J connectivity index is 1.45. The molecule has 0 bridgehead atoms. The summed E-state index contributed by atoms with van der Waals surface area (Å²) in [7, 11) is 0. The predicted octanol–water partition coefficient (Wildman–Crippen LogP) is 0.318. The lowest BCUT2D eigenvalue weighted by atomic mass is 9.95. The molecule has 0 aliphatic carbocycles. The highest BCUT2D eigenvalue weighted by molar-refractivity contribution is 4.91. The lowest BCUT2D eigenvalue weighted by molar-refractivity contribution is -0.156. The first-order valence-corrected chi connectivity index (χ1v) is 16.8. The normalized spacial score (nSPS) is 30.6. The van der Waals surface area contributed by atoms with Crippen molar-refractivity contribution in [3.05, 3.63) is 0 Å². The van der Waals surface area contributed by atoms with Crippen LogP contribution in [0.3, 0.4) is 0 Å². The van der Waals surface area contributed by atoms with Gasteiger partial charge in [-0.25, -0.2) is 0 Å². The Bertz CT molecular complexity index is 756. The molecule has 4 aliphatic rings. The maximum atomic E-state index is 11.6. The highest BCUT2D eigenvalue weighted by Gasteiger charge is 2.39. The third-order valence-electron chi connectivity index (χ3n) is 8.93. The van der Waals surface area contributed by atoms with Crippen LogP contribution in [0.25, 0.3) is 0 Å². The Labute approximate surface area is 271 Å². The van der Waals surface area contributed by atoms with Crippen molar-refractivity contribution in [3.63, 3.8) is 0 Å². The molecule has 0 aromatic carbocycles. The molecule has 0 atom stereocenters. The second kappa shape index (κ2) is 15.4. The number of ether oxygens (including phenoxy) is 6. The summed E-state index contributed by atoms with van der Waals surface area (Å²) in [5.74, 6) is 0. The van der Waals surface area contributed by atoms with E-state index in [1.807, 2.05) is 0 Å². The van der Waals surface area contributed by atoms with E-state index in [4.69, 9.17) is 28.4 Å². The second-order valence-electron chi connectivity index (χ2n) is 17.0. The highest BCUT2D eigenvalue weighted by Crippen LogP contribution is 2.25. The minimum Gasteiger partial charge on any atom is -0.384 e. The molecule has 4 saturated heterocycles. The molecule has 45 heavy (non-hydrogen) atoms. The summed E-state index contributed by atoms with van der Waals surface area (Å²) in [4.78, 5) is 6.75. The van der Waals surface area contributed by atoms with Crippen LogP contribution in [0.2, 0.25) is 0 Å². The zero-order valence-corrected chi connectivity index (χ0v) is 29.0. The maximum absolute atomic E-state index is 11.6. The van der Waals surface area contributed by atoms with Crippen molar-refractivity contribution < 1.29 is 43.7 Å². The van der Waals surface area contributed by atoms with Gasteiger partial charge < -0.3 is 43.7 Å². The smallest absolute Gasteiger partial charge is 0.124 e. The van der Waals surface area contributed by atoms with Crippen LogP contribution in [0, 0.1) is 16.2 Å². The summed E-state index contributed by atoms with van der Waals surface area (Å²) in [5.41, 5.74) is -3.71. The molecule has 12 nitrogen and oxygen atoms in total. The SMILES string of the molecule is CC1(C)COCC(O)(CN2CCN(CC3(O)COCC(C)(C)COC3)CCN(CC3(O)COCC(C)(C)COC3)CC2)COC1. The minimum atomic E-state index is -1.14. The van der Waals surface area contributed by atoms with E-state index in [2.05, 4.69) is 56.2 Å². The molecule has 4 rings (SSSR count). The molecule has 4 aliphatic heterocycles. The van der Waals surface area contributed by atoms with Crippen molar-refractivity contribution in [1.29, 1.82) is 0 Å². The Morgan fingerprint density at radius 3 is 0.711 bits per heavy atom. The van der Waals surface area contributed by atoms with E-state index in [1.165, 1.54) is 0 Å². The molecular weight excluding hydrogens is 582 g/mol. The molecule has 0 spiro atoms. The summed E-state index contributed by atoms with van der Waals surface area (Å²) in [6, 6.07) is 0. The van der Waals surface area contributed by atoms with E-state index in [1.54, 1.807) is 0 Å². The summed E-state index contributed by atoms with van der Waals surface area (Å²) in [6.07, 6.45) is 0. The van der Waals surface area contributed by atoms with Crippen LogP contribution in [0.15, 0.2) is 0 Å². The van der Waals surface area contributed by atoms with Crippen molar-refractivity contribution >= 4 is 0 Å². The number of hydrogen-bond donors (Lipinski definition) is 3. The van der Waals surface area contributed by atoms with Gasteiger partial charge in [0, 0.05) is 75.1 Å². The molecule has 4 fully saturated rings. The zero-order chi connectivity index (χ0) is 32.8. The van der Waals surface area contributed by atoms with Gasteiger partial charge >= 0.3 is 0 Å². The van der Waals surface area contributed by atoms with Gasteiger partial charge in [0.25, 0.3) is 0 Å². The predicted molar refractivity (Wildman–Crippen MR) is 170 cm³/mol. The van der Waals surface area contributed by atoms with Gasteiger partial charge in [-0.2, -0.15) is 0 Å². The topological polar surface area (TPSA) is 126 Å². The van der Waals surface area contributed by atoms with Crippen LogP contribution >= 0.6 is 0 Å². The number of rotatable bonds is 6. The van der Waals surface area contributed by atoms with Gasteiger partial charge in [-0.15, -0.1) is 0 Å². The second-order valence-corrected chi connectivity index (χ2v) is 17.0. The first-order valence-electron chi connectivity index (χ1n) is 16.8. The summed E-state index contributed by atoms with van der Waals surface area (Å²) < 4.78 is 35.8. The van der Waals surface area contributed by atoms with Crippen LogP contribution < -0.4 is 0 Å². The van der Waals surface area contributed by atoms with Gasteiger partial charge in [0.15, 0.2) is 0 Å². The van der Waals surface area contributed by atoms with Crippen LogP contribution in [-0.4, -0.2) is 185 Å². The first kappa shape index (κ1) is 37.3. The average molecular weight is 646 g/mol. The first-order chi connectivity index (χ1) is 21.0. The van der Waals surface area contributed by atoms with Crippen molar-refractivity contribution in [2.24, 2.45) is 16.2 Å². The van der Waals surface area contributed by atoms with Crippen LogP contribution in [0.5, 0.6) is 0 Å². The van der Waals surface area contributed by atoms with Crippen LogP contribution in [0.1, 0.15) is 41.5 Å². The number of hydrogen-bond acceptors (Lipinski definition) is 12. The van der Waals surface area contributed by atoms with Gasteiger partial charge in [-0.05, 0) is 0 Å². The standard InChI is InChI=1S/C33H63N3O9/c1-28(2)16-40-22-31(37,23-41-17-28)13-34-7-9-35(14-32(38)24-42-18-29(3,4)19-43-25-32)11-12-36(10-8-34)15-33(39)26-44-20-30(5,6)21-45-27-33/h37-39H,7-27H2,1-6H3. The minimum absolute atomic E-state index is 0.0956. The van der Waals surface area contributed by atoms with Gasteiger partial charge in [0.05, 0.1) is 79.3 Å². The summed E-state index contributed by atoms with van der Waals surface area (Å²) >= 11 is 0. The molecule has 12 heteroatoms. The van der Waals surface area contributed by atoms with Crippen molar-refractivity contribution in [2.75, 3.05) is 138 Å². The number of β-amino-alcohol motifs (C(OH)–C–C–N with tert-alkyl or cyclic N) is 3. The van der Waals surface area contributed by atoms with Crippen LogP contribution in [0.4, 0.5) is 0 Å². The van der Waals surface area contributed by atoms with E-state index in [-0.39, 0.29) is 55.9 Å². The Morgan fingerprint density at radius 1 is 0.356 bits per heavy atom. The number of aliphatic hydroxyl groups is 3. The Morgan fingerprint density at radius 2 is 0.533 bits per heavy atom. The molecule has 3 N–H and O–H groups in total. The molecule has 0 amide bonds. The van der Waals surface area contributed by atoms with Crippen molar-refractivity contribution in [2.45, 2.75) is 58.3 Å². The third-order valence-corrected chi connectivity index (χ3v) is 8.93. The summed E-state index contributed by atoms with van der Waals surface area (Å²) in [5, 5.41) is 34.8. The molecule has 264 valence electrons. The largest absolute Gasteiger partial charge is 0.384 e.